The Labute approximate surface area is 269 Å². The Kier molecular flexibility index (Phi) is 17.6. The molecule has 0 unspecified atom stereocenters. The van der Waals surface area contributed by atoms with Crippen LogP contribution in [0.3, 0.4) is 0 Å². The van der Waals surface area contributed by atoms with E-state index in [0.717, 1.165) is 36.8 Å². The van der Waals surface area contributed by atoms with Gasteiger partial charge in [0.2, 0.25) is 17.7 Å². The van der Waals surface area contributed by atoms with Gasteiger partial charge in [-0.1, -0.05) is 95.8 Å². The highest BCUT2D eigenvalue weighted by atomic mass is 16.5. The molecule has 3 amide bonds. The normalized spacial score (nSPS) is 12.4. The van der Waals surface area contributed by atoms with E-state index in [1.54, 1.807) is 38.1 Å². The summed E-state index contributed by atoms with van der Waals surface area (Å²) in [5.74, 6) is -0.731. The molecule has 0 aliphatic rings. The maximum absolute atomic E-state index is 13.6. The topological polar surface area (TPSA) is 140 Å². The van der Waals surface area contributed by atoms with Crippen molar-refractivity contribution in [3.8, 4) is 0 Å². The molecule has 0 heterocycles. The number of benzene rings is 2. The van der Waals surface area contributed by atoms with Gasteiger partial charge >= 0.3 is 5.97 Å². The number of unbranched alkanes of at least 4 members (excludes halogenated alkanes) is 4. The van der Waals surface area contributed by atoms with E-state index in [-0.39, 0.29) is 30.3 Å². The molecule has 248 valence electrons. The Morgan fingerprint density at radius 1 is 0.711 bits per heavy atom. The van der Waals surface area contributed by atoms with E-state index < -0.39 is 18.0 Å². The van der Waals surface area contributed by atoms with Crippen molar-refractivity contribution in [1.82, 2.24) is 10.6 Å². The van der Waals surface area contributed by atoms with Crippen molar-refractivity contribution in [3.63, 3.8) is 0 Å². The van der Waals surface area contributed by atoms with E-state index >= 15 is 0 Å². The zero-order chi connectivity index (χ0) is 33.0. The van der Waals surface area contributed by atoms with Crippen molar-refractivity contribution in [2.45, 2.75) is 111 Å². The van der Waals surface area contributed by atoms with Crippen LogP contribution in [0.5, 0.6) is 0 Å². The van der Waals surface area contributed by atoms with Gasteiger partial charge in [-0.05, 0) is 61.4 Å². The van der Waals surface area contributed by atoms with Crippen molar-refractivity contribution in [3.05, 3.63) is 65.7 Å². The second-order valence-corrected chi connectivity index (χ2v) is 12.5. The van der Waals surface area contributed by atoms with Crippen LogP contribution in [0.15, 0.2) is 54.6 Å². The number of nitrogens with one attached hydrogen (secondary N) is 3. The standard InChI is InChI=1S/C36H54N4O5/c1-26(2)14-8-5-6-11-18-33(41)39-32(24-28-15-9-7-10-16-28)35(43)40-31(17-12-13-23-37)34(42)38-30-21-19-29(20-22-30)25-45-36(44)27(3)4/h7,9-10,15-16,19-22,26-27,31-32H,5-6,8,11-14,17-18,23-25,37H2,1-4H3,(H,38,42)(H,39,41)(H,40,43)/t31-,32-/m0/s1. The SMILES string of the molecule is CC(C)CCCCCCC(=O)N[C@@H](Cc1ccccc1)C(=O)N[C@@H](CCCCN)C(=O)Nc1ccc(COC(=O)C(C)C)cc1. The summed E-state index contributed by atoms with van der Waals surface area (Å²) in [5.41, 5.74) is 7.95. The van der Waals surface area contributed by atoms with E-state index in [1.165, 1.54) is 6.42 Å². The molecule has 9 heteroatoms. The summed E-state index contributed by atoms with van der Waals surface area (Å²) >= 11 is 0. The molecule has 5 N–H and O–H groups in total. The molecule has 2 atom stereocenters. The minimum Gasteiger partial charge on any atom is -0.461 e. The Morgan fingerprint density at radius 2 is 1.38 bits per heavy atom. The first-order valence-electron chi connectivity index (χ1n) is 16.5. The summed E-state index contributed by atoms with van der Waals surface area (Å²) < 4.78 is 5.27. The third kappa shape index (κ3) is 15.7. The third-order valence-electron chi connectivity index (χ3n) is 7.52. The van der Waals surface area contributed by atoms with Gasteiger partial charge in [0, 0.05) is 18.5 Å². The summed E-state index contributed by atoms with van der Waals surface area (Å²) in [6.45, 7) is 8.61. The Hall–Kier alpha value is -3.72. The molecule has 0 spiro atoms. The highest BCUT2D eigenvalue weighted by Crippen LogP contribution is 2.14. The van der Waals surface area contributed by atoms with Crippen LogP contribution in [0.2, 0.25) is 0 Å². The fourth-order valence-corrected chi connectivity index (χ4v) is 4.79. The number of ether oxygens (including phenoxy) is 1. The van der Waals surface area contributed by atoms with Crippen molar-refractivity contribution in [1.29, 1.82) is 0 Å². The van der Waals surface area contributed by atoms with Crippen LogP contribution < -0.4 is 21.7 Å². The van der Waals surface area contributed by atoms with Gasteiger partial charge in [-0.25, -0.2) is 0 Å². The number of hydrogen-bond donors (Lipinski definition) is 4. The minimum absolute atomic E-state index is 0.148. The molecule has 0 saturated carbocycles. The molecule has 0 aromatic heterocycles. The van der Waals surface area contributed by atoms with Crippen LogP contribution >= 0.6 is 0 Å². The maximum atomic E-state index is 13.6. The smallest absolute Gasteiger partial charge is 0.308 e. The predicted octanol–water partition coefficient (Wildman–Crippen LogP) is 5.66. The summed E-state index contributed by atoms with van der Waals surface area (Å²) in [4.78, 5) is 51.6. The van der Waals surface area contributed by atoms with Gasteiger partial charge in [-0.15, -0.1) is 0 Å². The van der Waals surface area contributed by atoms with Gasteiger partial charge < -0.3 is 26.4 Å². The van der Waals surface area contributed by atoms with Gasteiger partial charge in [-0.2, -0.15) is 0 Å². The molecular formula is C36H54N4O5. The Bertz CT molecular complexity index is 1170. The number of hydrogen-bond acceptors (Lipinski definition) is 6. The molecule has 0 bridgehead atoms. The molecule has 2 rings (SSSR count). The second kappa shape index (κ2) is 21.1. The molecule has 0 fully saturated rings. The van der Waals surface area contributed by atoms with Crippen molar-refractivity contribution in [2.75, 3.05) is 11.9 Å². The van der Waals surface area contributed by atoms with Crippen LogP contribution in [0, 0.1) is 11.8 Å². The summed E-state index contributed by atoms with van der Waals surface area (Å²) in [5, 5.41) is 8.72. The molecule has 2 aromatic carbocycles. The number of carbonyl (C=O) groups excluding carboxylic acids is 4. The monoisotopic (exact) mass is 622 g/mol. The third-order valence-corrected chi connectivity index (χ3v) is 7.52. The van der Waals surface area contributed by atoms with Gasteiger partial charge in [0.1, 0.15) is 18.7 Å². The van der Waals surface area contributed by atoms with Crippen LogP contribution in [-0.4, -0.2) is 42.3 Å². The summed E-state index contributed by atoms with van der Waals surface area (Å²) in [6, 6.07) is 14.9. The minimum atomic E-state index is -0.821. The Balaban J connectivity index is 2.05. The molecule has 0 aliphatic carbocycles. The second-order valence-electron chi connectivity index (χ2n) is 12.5. The van der Waals surface area contributed by atoms with Crippen LogP contribution in [0.4, 0.5) is 5.69 Å². The van der Waals surface area contributed by atoms with Gasteiger partial charge in [0.25, 0.3) is 0 Å². The molecule has 0 radical (unpaired) electrons. The average Bonchev–Trinajstić information content (AvgIpc) is 3.01. The fraction of sp³-hybridized carbons (Fsp3) is 0.556. The molecule has 0 aliphatic heterocycles. The van der Waals surface area contributed by atoms with Crippen LogP contribution in [0.25, 0.3) is 0 Å². The van der Waals surface area contributed by atoms with E-state index in [2.05, 4.69) is 29.8 Å². The first-order chi connectivity index (χ1) is 21.6. The molecular weight excluding hydrogens is 568 g/mol. The van der Waals surface area contributed by atoms with E-state index in [0.29, 0.717) is 50.3 Å². The number of carbonyl (C=O) groups is 4. The Morgan fingerprint density at radius 3 is 2.02 bits per heavy atom. The highest BCUT2D eigenvalue weighted by Gasteiger charge is 2.27. The van der Waals surface area contributed by atoms with Gasteiger partial charge in [0.15, 0.2) is 0 Å². The molecule has 9 nitrogen and oxygen atoms in total. The number of rotatable bonds is 21. The lowest BCUT2D eigenvalue weighted by molar-refractivity contribution is -0.148. The summed E-state index contributed by atoms with van der Waals surface area (Å²) in [7, 11) is 0. The average molecular weight is 623 g/mol. The maximum Gasteiger partial charge on any atom is 0.308 e. The fourth-order valence-electron chi connectivity index (χ4n) is 4.79. The van der Waals surface area contributed by atoms with Gasteiger partial charge in [0.05, 0.1) is 5.92 Å². The number of amides is 3. The highest BCUT2D eigenvalue weighted by molar-refractivity contribution is 5.98. The largest absolute Gasteiger partial charge is 0.461 e. The summed E-state index contributed by atoms with van der Waals surface area (Å²) in [6.07, 6.45) is 7.62. The lowest BCUT2D eigenvalue weighted by atomic mass is 10.0. The quantitative estimate of drug-likeness (QED) is 0.105. The number of nitrogens with two attached hydrogens (primary N) is 1. The predicted molar refractivity (Wildman–Crippen MR) is 179 cm³/mol. The van der Waals surface area contributed by atoms with Crippen molar-refractivity contribution in [2.24, 2.45) is 17.6 Å². The number of esters is 1. The van der Waals surface area contributed by atoms with Crippen LogP contribution in [-0.2, 0) is 36.9 Å². The van der Waals surface area contributed by atoms with E-state index in [1.807, 2.05) is 30.3 Å². The molecule has 45 heavy (non-hydrogen) atoms. The number of anilines is 1. The van der Waals surface area contributed by atoms with Crippen molar-refractivity contribution >= 4 is 29.4 Å². The lowest BCUT2D eigenvalue weighted by Gasteiger charge is -2.23. The van der Waals surface area contributed by atoms with Gasteiger partial charge in [-0.3, -0.25) is 19.2 Å². The molecule has 2 aromatic rings. The lowest BCUT2D eigenvalue weighted by Crippen LogP contribution is -2.53. The van der Waals surface area contributed by atoms with Crippen LogP contribution in [0.1, 0.15) is 96.6 Å². The zero-order valence-corrected chi connectivity index (χ0v) is 27.6. The first kappa shape index (κ1) is 37.5. The van der Waals surface area contributed by atoms with Crippen molar-refractivity contribution < 1.29 is 23.9 Å². The molecule has 0 saturated heterocycles. The first-order valence-corrected chi connectivity index (χ1v) is 16.5. The van der Waals surface area contributed by atoms with E-state index in [9.17, 15) is 19.2 Å². The van der Waals surface area contributed by atoms with E-state index in [4.69, 9.17) is 10.5 Å². The zero-order valence-electron chi connectivity index (χ0n) is 27.6.